The largest absolute Gasteiger partial charge is 0.442 e. The van der Waals surface area contributed by atoms with Gasteiger partial charge in [-0.15, -0.1) is 10.2 Å². The van der Waals surface area contributed by atoms with Crippen molar-refractivity contribution in [3.8, 4) is 0 Å². The average molecular weight is 298 g/mol. The van der Waals surface area contributed by atoms with E-state index in [0.29, 0.717) is 12.8 Å². The first-order chi connectivity index (χ1) is 9.56. The number of hydrogen-bond acceptors (Lipinski definition) is 3. The molecule has 1 aromatic rings. The molecule has 0 aliphatic carbocycles. The quantitative estimate of drug-likeness (QED) is 0.811. The SMILES string of the molecule is CC(C)(C)C(=O)CCc1ccc(C2(C(F)(F)F)N=N2)cc1. The lowest BCUT2D eigenvalue weighted by Crippen LogP contribution is -2.30. The van der Waals surface area contributed by atoms with E-state index in [1.54, 1.807) is 12.1 Å². The number of aryl methyl sites for hydroxylation is 1. The summed E-state index contributed by atoms with van der Waals surface area (Å²) in [5.41, 5.74) is -1.92. The summed E-state index contributed by atoms with van der Waals surface area (Å²) >= 11 is 0. The van der Waals surface area contributed by atoms with Crippen LogP contribution in [0, 0.1) is 5.41 Å². The molecule has 6 heteroatoms. The molecule has 0 atom stereocenters. The summed E-state index contributed by atoms with van der Waals surface area (Å²) in [6, 6.07) is 5.96. The molecule has 1 aromatic carbocycles. The normalized spacial score (nSPS) is 16.9. The van der Waals surface area contributed by atoms with Gasteiger partial charge < -0.3 is 0 Å². The van der Waals surface area contributed by atoms with Gasteiger partial charge in [0.25, 0.3) is 0 Å². The Morgan fingerprint density at radius 1 is 1.10 bits per heavy atom. The highest BCUT2D eigenvalue weighted by molar-refractivity contribution is 5.83. The van der Waals surface area contributed by atoms with Crippen LogP contribution in [0.5, 0.6) is 0 Å². The van der Waals surface area contributed by atoms with E-state index < -0.39 is 17.3 Å². The van der Waals surface area contributed by atoms with E-state index in [1.165, 1.54) is 12.1 Å². The summed E-state index contributed by atoms with van der Waals surface area (Å²) in [6.45, 7) is 5.55. The molecule has 0 unspecified atom stereocenters. The lowest BCUT2D eigenvalue weighted by atomic mass is 9.87. The van der Waals surface area contributed by atoms with Crippen LogP contribution in [-0.2, 0) is 16.9 Å². The standard InChI is InChI=1S/C15H17F3N2O/c1-13(2,3)12(21)9-6-10-4-7-11(8-5-10)14(19-20-14)15(16,17)18/h4-5,7-8H,6,9H2,1-3H3. The lowest BCUT2D eigenvalue weighted by Gasteiger charge is -2.17. The van der Waals surface area contributed by atoms with Crippen LogP contribution in [0.25, 0.3) is 0 Å². The monoisotopic (exact) mass is 298 g/mol. The van der Waals surface area contributed by atoms with E-state index in [2.05, 4.69) is 10.2 Å². The molecule has 21 heavy (non-hydrogen) atoms. The molecule has 0 N–H and O–H groups in total. The van der Waals surface area contributed by atoms with E-state index in [9.17, 15) is 18.0 Å². The zero-order valence-electron chi connectivity index (χ0n) is 12.2. The summed E-state index contributed by atoms with van der Waals surface area (Å²) < 4.78 is 38.5. The average Bonchev–Trinajstić information content (AvgIpc) is 3.16. The van der Waals surface area contributed by atoms with Gasteiger partial charge in [-0.1, -0.05) is 45.0 Å². The van der Waals surface area contributed by atoms with Crippen LogP contribution in [0.15, 0.2) is 34.5 Å². The molecule has 1 aliphatic heterocycles. The molecule has 0 saturated heterocycles. The number of carbonyl (C=O) groups is 1. The van der Waals surface area contributed by atoms with Crippen molar-refractivity contribution in [3.05, 3.63) is 35.4 Å². The first-order valence-electron chi connectivity index (χ1n) is 6.70. The third-order valence-corrected chi connectivity index (χ3v) is 3.53. The maximum absolute atomic E-state index is 12.8. The highest BCUT2D eigenvalue weighted by atomic mass is 19.4. The van der Waals surface area contributed by atoms with Gasteiger partial charge in [-0.2, -0.15) is 13.2 Å². The number of Topliss-reactive ketones (excluding diaryl/α,β-unsaturated/α-hetero) is 1. The highest BCUT2D eigenvalue weighted by Gasteiger charge is 2.65. The third kappa shape index (κ3) is 3.14. The van der Waals surface area contributed by atoms with Gasteiger partial charge in [0.05, 0.1) is 0 Å². The van der Waals surface area contributed by atoms with Gasteiger partial charge in [-0.25, -0.2) is 0 Å². The molecule has 0 amide bonds. The fourth-order valence-electron chi connectivity index (χ4n) is 1.98. The van der Waals surface area contributed by atoms with Crippen LogP contribution in [0.2, 0.25) is 0 Å². The fraction of sp³-hybridized carbons (Fsp3) is 0.533. The summed E-state index contributed by atoms with van der Waals surface area (Å²) in [4.78, 5) is 11.8. The van der Waals surface area contributed by atoms with Gasteiger partial charge >= 0.3 is 11.8 Å². The van der Waals surface area contributed by atoms with Crippen molar-refractivity contribution < 1.29 is 18.0 Å². The Morgan fingerprint density at radius 3 is 2.00 bits per heavy atom. The molecule has 1 heterocycles. The number of ketones is 1. The minimum absolute atomic E-state index is 0.0147. The van der Waals surface area contributed by atoms with Gasteiger partial charge in [0.1, 0.15) is 5.78 Å². The smallest absolute Gasteiger partial charge is 0.299 e. The van der Waals surface area contributed by atoms with Crippen LogP contribution < -0.4 is 0 Å². The Balaban J connectivity index is 2.03. The van der Waals surface area contributed by atoms with Crippen molar-refractivity contribution in [3.63, 3.8) is 0 Å². The molecule has 0 bridgehead atoms. The zero-order valence-corrected chi connectivity index (χ0v) is 12.2. The van der Waals surface area contributed by atoms with E-state index in [4.69, 9.17) is 0 Å². The number of carbonyl (C=O) groups excluding carboxylic acids is 1. The van der Waals surface area contributed by atoms with E-state index >= 15 is 0 Å². The minimum Gasteiger partial charge on any atom is -0.299 e. The Labute approximate surface area is 121 Å². The van der Waals surface area contributed by atoms with Crippen LogP contribution >= 0.6 is 0 Å². The second-order valence-electron chi connectivity index (χ2n) is 6.24. The Morgan fingerprint density at radius 2 is 1.62 bits per heavy atom. The number of alkyl halides is 3. The summed E-state index contributed by atoms with van der Waals surface area (Å²) in [5.74, 6) is 0.130. The van der Waals surface area contributed by atoms with Gasteiger partial charge in [-0.3, -0.25) is 4.79 Å². The second-order valence-corrected chi connectivity index (χ2v) is 6.24. The first-order valence-corrected chi connectivity index (χ1v) is 6.70. The maximum Gasteiger partial charge on any atom is 0.442 e. The van der Waals surface area contributed by atoms with Crippen LogP contribution in [0.3, 0.4) is 0 Å². The molecule has 3 nitrogen and oxygen atoms in total. The van der Waals surface area contributed by atoms with Crippen LogP contribution in [0.1, 0.15) is 38.3 Å². The molecule has 0 saturated carbocycles. The van der Waals surface area contributed by atoms with Crippen molar-refractivity contribution in [2.45, 2.75) is 45.5 Å². The highest BCUT2D eigenvalue weighted by Crippen LogP contribution is 2.52. The van der Waals surface area contributed by atoms with Crippen LogP contribution in [-0.4, -0.2) is 12.0 Å². The molecular weight excluding hydrogens is 281 g/mol. The van der Waals surface area contributed by atoms with Crippen molar-refractivity contribution in [2.75, 3.05) is 0 Å². The van der Waals surface area contributed by atoms with E-state index in [0.717, 1.165) is 5.56 Å². The van der Waals surface area contributed by atoms with Crippen LogP contribution in [0.4, 0.5) is 13.2 Å². The maximum atomic E-state index is 12.8. The molecule has 0 fully saturated rings. The number of halogens is 3. The molecule has 0 radical (unpaired) electrons. The molecule has 1 aliphatic rings. The Bertz CT molecular complexity index is 562. The van der Waals surface area contributed by atoms with E-state index in [-0.39, 0.29) is 11.3 Å². The fourth-order valence-corrected chi connectivity index (χ4v) is 1.98. The van der Waals surface area contributed by atoms with Crippen molar-refractivity contribution >= 4 is 5.78 Å². The summed E-state index contributed by atoms with van der Waals surface area (Å²) in [7, 11) is 0. The topological polar surface area (TPSA) is 41.8 Å². The van der Waals surface area contributed by atoms with Gasteiger partial charge in [0, 0.05) is 17.4 Å². The second kappa shape index (κ2) is 4.93. The van der Waals surface area contributed by atoms with Gasteiger partial charge in [0.15, 0.2) is 0 Å². The first kappa shape index (κ1) is 15.7. The van der Waals surface area contributed by atoms with Crippen molar-refractivity contribution in [2.24, 2.45) is 15.6 Å². The predicted octanol–water partition coefficient (Wildman–Crippen LogP) is 4.42. The van der Waals surface area contributed by atoms with Gasteiger partial charge in [0.2, 0.25) is 0 Å². The minimum atomic E-state index is -4.50. The zero-order chi connectivity index (χ0) is 15.9. The molecule has 0 aromatic heterocycles. The predicted molar refractivity (Wildman–Crippen MR) is 71.8 cm³/mol. The number of benzene rings is 1. The van der Waals surface area contributed by atoms with E-state index in [1.807, 2.05) is 20.8 Å². The number of rotatable bonds is 4. The summed E-state index contributed by atoms with van der Waals surface area (Å²) in [6.07, 6.45) is -3.61. The van der Waals surface area contributed by atoms with Crippen molar-refractivity contribution in [1.29, 1.82) is 0 Å². The number of nitrogens with zero attached hydrogens (tertiary/aromatic N) is 2. The number of hydrogen-bond donors (Lipinski definition) is 0. The third-order valence-electron chi connectivity index (χ3n) is 3.53. The van der Waals surface area contributed by atoms with Crippen molar-refractivity contribution in [1.82, 2.24) is 0 Å². The summed E-state index contributed by atoms with van der Waals surface area (Å²) in [5, 5.41) is 6.31. The molecule has 0 spiro atoms. The molecule has 2 rings (SSSR count). The molecule has 114 valence electrons. The lowest BCUT2D eigenvalue weighted by molar-refractivity contribution is -0.166. The molecular formula is C15H17F3N2O. The Kier molecular flexibility index (Phi) is 3.68. The van der Waals surface area contributed by atoms with Gasteiger partial charge in [-0.05, 0) is 12.0 Å². The Hall–Kier alpha value is -1.72.